The zero-order valence-electron chi connectivity index (χ0n) is 13.1. The zero-order chi connectivity index (χ0) is 16.4. The second-order valence-corrected chi connectivity index (χ2v) is 6.31. The SMILES string of the molecule is CC(C)C(=O)N1C=C(c2nc(-c3cccc(Cl)c3)no2)CCC1. The summed E-state index contributed by atoms with van der Waals surface area (Å²) in [7, 11) is 0. The van der Waals surface area contributed by atoms with Crippen LogP contribution in [-0.4, -0.2) is 27.5 Å². The third kappa shape index (κ3) is 3.45. The molecule has 0 aliphatic carbocycles. The van der Waals surface area contributed by atoms with Crippen molar-refractivity contribution in [3.63, 3.8) is 0 Å². The van der Waals surface area contributed by atoms with E-state index in [0.29, 0.717) is 16.7 Å². The zero-order valence-corrected chi connectivity index (χ0v) is 13.9. The van der Waals surface area contributed by atoms with Crippen LogP contribution in [0.4, 0.5) is 0 Å². The molecule has 0 spiro atoms. The van der Waals surface area contributed by atoms with Crippen molar-refractivity contribution in [3.8, 4) is 11.4 Å². The van der Waals surface area contributed by atoms with E-state index in [-0.39, 0.29) is 11.8 Å². The number of amides is 1. The Balaban J connectivity index is 1.86. The number of carbonyl (C=O) groups excluding carboxylic acids is 1. The average molecular weight is 332 g/mol. The normalized spacial score (nSPS) is 15.0. The molecular formula is C17H18ClN3O2. The first kappa shape index (κ1) is 15.7. The number of allylic oxidation sites excluding steroid dienone is 1. The van der Waals surface area contributed by atoms with Gasteiger partial charge in [-0.05, 0) is 25.0 Å². The van der Waals surface area contributed by atoms with Gasteiger partial charge in [0.15, 0.2) is 0 Å². The predicted molar refractivity (Wildman–Crippen MR) is 88.5 cm³/mol. The molecule has 0 saturated heterocycles. The monoisotopic (exact) mass is 331 g/mol. The number of hydrogen-bond donors (Lipinski definition) is 0. The van der Waals surface area contributed by atoms with Crippen LogP contribution in [0.2, 0.25) is 5.02 Å². The highest BCUT2D eigenvalue weighted by Gasteiger charge is 2.22. The van der Waals surface area contributed by atoms with Crippen molar-refractivity contribution < 1.29 is 9.32 Å². The van der Waals surface area contributed by atoms with E-state index in [1.165, 1.54) is 0 Å². The van der Waals surface area contributed by atoms with Gasteiger partial charge in [0.2, 0.25) is 11.7 Å². The Morgan fingerprint density at radius 1 is 1.39 bits per heavy atom. The Kier molecular flexibility index (Phi) is 4.48. The lowest BCUT2D eigenvalue weighted by molar-refractivity contribution is -0.131. The fourth-order valence-corrected chi connectivity index (χ4v) is 2.71. The maximum Gasteiger partial charge on any atom is 0.255 e. The number of rotatable bonds is 3. The Hall–Kier alpha value is -2.14. The first-order valence-electron chi connectivity index (χ1n) is 7.66. The molecule has 1 aromatic carbocycles. The van der Waals surface area contributed by atoms with E-state index in [2.05, 4.69) is 10.1 Å². The van der Waals surface area contributed by atoms with Gasteiger partial charge in [0.25, 0.3) is 5.89 Å². The molecule has 1 aromatic heterocycles. The molecule has 0 bridgehead atoms. The van der Waals surface area contributed by atoms with Crippen molar-refractivity contribution >= 4 is 23.1 Å². The van der Waals surface area contributed by atoms with Crippen LogP contribution in [0.15, 0.2) is 35.0 Å². The quantitative estimate of drug-likeness (QED) is 0.852. The number of nitrogens with zero attached hydrogens (tertiary/aromatic N) is 3. The third-order valence-electron chi connectivity index (χ3n) is 3.72. The van der Waals surface area contributed by atoms with Crippen molar-refractivity contribution in [1.29, 1.82) is 0 Å². The van der Waals surface area contributed by atoms with Crippen LogP contribution in [0.5, 0.6) is 0 Å². The molecule has 120 valence electrons. The summed E-state index contributed by atoms with van der Waals surface area (Å²) in [5.41, 5.74) is 1.70. The maximum atomic E-state index is 12.1. The molecule has 2 aromatic rings. The highest BCUT2D eigenvalue weighted by Crippen LogP contribution is 2.27. The molecule has 0 N–H and O–H groups in total. The van der Waals surface area contributed by atoms with Gasteiger partial charge in [-0.25, -0.2) is 0 Å². The van der Waals surface area contributed by atoms with Crippen LogP contribution in [0.3, 0.4) is 0 Å². The minimum Gasteiger partial charge on any atom is -0.334 e. The van der Waals surface area contributed by atoms with E-state index >= 15 is 0 Å². The van der Waals surface area contributed by atoms with Crippen molar-refractivity contribution in [2.75, 3.05) is 6.54 Å². The fraction of sp³-hybridized carbons (Fsp3) is 0.353. The summed E-state index contributed by atoms with van der Waals surface area (Å²) in [6, 6.07) is 7.31. The average Bonchev–Trinajstić information content (AvgIpc) is 3.04. The number of carbonyl (C=O) groups is 1. The summed E-state index contributed by atoms with van der Waals surface area (Å²) in [6.45, 7) is 4.53. The minimum atomic E-state index is -0.0321. The molecule has 5 nitrogen and oxygen atoms in total. The number of aromatic nitrogens is 2. The summed E-state index contributed by atoms with van der Waals surface area (Å²) >= 11 is 5.99. The summed E-state index contributed by atoms with van der Waals surface area (Å²) in [5, 5.41) is 4.64. The summed E-state index contributed by atoms with van der Waals surface area (Å²) in [5.74, 6) is 1.03. The minimum absolute atomic E-state index is 0.0321. The molecule has 1 aliphatic heterocycles. The second kappa shape index (κ2) is 6.54. The van der Waals surface area contributed by atoms with Crippen LogP contribution in [0.25, 0.3) is 17.0 Å². The molecular weight excluding hydrogens is 314 g/mol. The van der Waals surface area contributed by atoms with Gasteiger partial charge in [0, 0.05) is 34.8 Å². The number of hydrogen-bond acceptors (Lipinski definition) is 4. The van der Waals surface area contributed by atoms with Gasteiger partial charge in [0.05, 0.1) is 0 Å². The van der Waals surface area contributed by atoms with E-state index in [1.54, 1.807) is 17.0 Å². The van der Waals surface area contributed by atoms with Gasteiger partial charge in [-0.3, -0.25) is 4.79 Å². The molecule has 2 heterocycles. The Morgan fingerprint density at radius 3 is 2.96 bits per heavy atom. The van der Waals surface area contributed by atoms with E-state index in [1.807, 2.05) is 32.2 Å². The molecule has 1 aliphatic rings. The smallest absolute Gasteiger partial charge is 0.255 e. The van der Waals surface area contributed by atoms with Gasteiger partial charge in [-0.1, -0.05) is 42.7 Å². The van der Waals surface area contributed by atoms with E-state index in [0.717, 1.165) is 30.5 Å². The maximum absolute atomic E-state index is 12.1. The molecule has 6 heteroatoms. The van der Waals surface area contributed by atoms with Gasteiger partial charge in [-0.15, -0.1) is 0 Å². The highest BCUT2D eigenvalue weighted by molar-refractivity contribution is 6.30. The topological polar surface area (TPSA) is 59.2 Å². The fourth-order valence-electron chi connectivity index (χ4n) is 2.52. The van der Waals surface area contributed by atoms with E-state index in [9.17, 15) is 4.79 Å². The summed E-state index contributed by atoms with van der Waals surface area (Å²) < 4.78 is 5.38. The Morgan fingerprint density at radius 2 is 2.22 bits per heavy atom. The number of benzene rings is 1. The first-order valence-corrected chi connectivity index (χ1v) is 8.03. The third-order valence-corrected chi connectivity index (χ3v) is 3.95. The lowest BCUT2D eigenvalue weighted by atomic mass is 10.1. The first-order chi connectivity index (χ1) is 11.0. The molecule has 1 amide bonds. The van der Waals surface area contributed by atoms with Crippen LogP contribution in [0, 0.1) is 5.92 Å². The highest BCUT2D eigenvalue weighted by atomic mass is 35.5. The lowest BCUT2D eigenvalue weighted by Gasteiger charge is -2.25. The van der Waals surface area contributed by atoms with Crippen LogP contribution >= 0.6 is 11.6 Å². The molecule has 23 heavy (non-hydrogen) atoms. The van der Waals surface area contributed by atoms with Gasteiger partial charge in [0.1, 0.15) is 0 Å². The standard InChI is InChI=1S/C17H18ClN3O2/c1-11(2)17(22)21-8-4-6-13(10-21)16-19-15(20-23-16)12-5-3-7-14(18)9-12/h3,5,7,9-11H,4,6,8H2,1-2H3. The molecule has 0 unspecified atom stereocenters. The van der Waals surface area contributed by atoms with Gasteiger partial charge >= 0.3 is 0 Å². The molecule has 0 radical (unpaired) electrons. The van der Waals surface area contributed by atoms with Crippen LogP contribution < -0.4 is 0 Å². The van der Waals surface area contributed by atoms with Crippen molar-refractivity contribution in [2.24, 2.45) is 5.92 Å². The van der Waals surface area contributed by atoms with E-state index in [4.69, 9.17) is 16.1 Å². The largest absolute Gasteiger partial charge is 0.334 e. The van der Waals surface area contributed by atoms with Crippen molar-refractivity contribution in [1.82, 2.24) is 15.0 Å². The predicted octanol–water partition coefficient (Wildman–Crippen LogP) is 4.01. The summed E-state index contributed by atoms with van der Waals surface area (Å²) in [4.78, 5) is 18.3. The molecule has 3 rings (SSSR count). The molecule has 0 fully saturated rings. The van der Waals surface area contributed by atoms with Gasteiger partial charge < -0.3 is 9.42 Å². The van der Waals surface area contributed by atoms with Crippen LogP contribution in [0.1, 0.15) is 32.6 Å². The number of halogens is 1. The van der Waals surface area contributed by atoms with Crippen molar-refractivity contribution in [2.45, 2.75) is 26.7 Å². The summed E-state index contributed by atoms with van der Waals surface area (Å²) in [6.07, 6.45) is 3.54. The molecule has 0 saturated carbocycles. The Bertz CT molecular complexity index is 752. The van der Waals surface area contributed by atoms with Crippen LogP contribution in [-0.2, 0) is 4.79 Å². The second-order valence-electron chi connectivity index (χ2n) is 5.88. The van der Waals surface area contributed by atoms with Gasteiger partial charge in [-0.2, -0.15) is 4.98 Å². The van der Waals surface area contributed by atoms with Crippen molar-refractivity contribution in [3.05, 3.63) is 41.4 Å². The van der Waals surface area contributed by atoms with E-state index < -0.39 is 0 Å². The Labute approximate surface area is 139 Å². The molecule has 0 atom stereocenters. The lowest BCUT2D eigenvalue weighted by Crippen LogP contribution is -2.32.